The van der Waals surface area contributed by atoms with Gasteiger partial charge in [-0.25, -0.2) is 4.79 Å². The molecule has 2 rings (SSSR count). The highest BCUT2D eigenvalue weighted by molar-refractivity contribution is 7.85. The first-order valence-corrected chi connectivity index (χ1v) is 10.6. The number of hydrogen-bond donors (Lipinski definition) is 3. The van der Waals surface area contributed by atoms with Crippen molar-refractivity contribution in [2.24, 2.45) is 0 Å². The van der Waals surface area contributed by atoms with Crippen LogP contribution in [0.3, 0.4) is 0 Å². The molecule has 0 aromatic heterocycles. The average Bonchev–Trinajstić information content (AvgIpc) is 2.65. The predicted molar refractivity (Wildman–Crippen MR) is 108 cm³/mol. The van der Waals surface area contributed by atoms with Crippen molar-refractivity contribution in [1.29, 1.82) is 0 Å². The van der Waals surface area contributed by atoms with Crippen LogP contribution in [0.25, 0.3) is 0 Å². The van der Waals surface area contributed by atoms with Gasteiger partial charge in [-0.1, -0.05) is 38.1 Å². The van der Waals surface area contributed by atoms with Gasteiger partial charge >= 0.3 is 5.97 Å². The van der Waals surface area contributed by atoms with E-state index in [0.717, 1.165) is 0 Å². The predicted octanol–water partition coefficient (Wildman–Crippen LogP) is 2.35. The molecule has 0 saturated carbocycles. The summed E-state index contributed by atoms with van der Waals surface area (Å²) in [6.45, 7) is 3.75. The molecule has 3 N–H and O–H groups in total. The largest absolute Gasteiger partial charge is 0.504 e. The second-order valence-corrected chi connectivity index (χ2v) is 8.31. The van der Waals surface area contributed by atoms with Gasteiger partial charge in [0.25, 0.3) is 10.1 Å². The van der Waals surface area contributed by atoms with E-state index < -0.39 is 27.8 Å². The summed E-state index contributed by atoms with van der Waals surface area (Å²) in [6, 6.07) is 13.1. The Hall–Kier alpha value is -2.62. The van der Waals surface area contributed by atoms with Gasteiger partial charge in [-0.05, 0) is 29.8 Å². The van der Waals surface area contributed by atoms with Crippen LogP contribution >= 0.6 is 0 Å². The third-order valence-electron chi connectivity index (χ3n) is 3.96. The molecule has 29 heavy (non-hydrogen) atoms. The van der Waals surface area contributed by atoms with E-state index in [1.165, 1.54) is 18.2 Å². The summed E-state index contributed by atoms with van der Waals surface area (Å²) in [6.07, 6.45) is 0. The Kier molecular flexibility index (Phi) is 8.00. The number of ether oxygens (including phenoxy) is 2. The molecule has 0 radical (unpaired) electrons. The molecule has 2 aromatic rings. The first-order valence-electron chi connectivity index (χ1n) is 9.04. The molecule has 0 amide bonds. The summed E-state index contributed by atoms with van der Waals surface area (Å²) in [5.41, 5.74) is 0.480. The van der Waals surface area contributed by atoms with E-state index >= 15 is 0 Å². The molecule has 0 bridgehead atoms. The Labute approximate surface area is 170 Å². The maximum Gasteiger partial charge on any atom is 0.349 e. The summed E-state index contributed by atoms with van der Waals surface area (Å²) < 4.78 is 42.3. The van der Waals surface area contributed by atoms with Crippen molar-refractivity contribution in [3.05, 3.63) is 54.1 Å². The van der Waals surface area contributed by atoms with Gasteiger partial charge in [-0.2, -0.15) is 8.42 Å². The van der Waals surface area contributed by atoms with Crippen LogP contribution in [0.5, 0.6) is 17.2 Å². The molecule has 0 aliphatic carbocycles. The van der Waals surface area contributed by atoms with E-state index in [1.54, 1.807) is 24.3 Å². The van der Waals surface area contributed by atoms with E-state index in [2.05, 4.69) is 5.32 Å². The topological polar surface area (TPSA) is 122 Å². The van der Waals surface area contributed by atoms with E-state index in [0.29, 0.717) is 11.3 Å². The van der Waals surface area contributed by atoms with Gasteiger partial charge in [-0.3, -0.25) is 4.55 Å². The number of carbonyl (C=O) groups excluding carboxylic acids is 1. The number of para-hydroxylation sites is 1. The highest BCUT2D eigenvalue weighted by atomic mass is 32.2. The van der Waals surface area contributed by atoms with E-state index in [-0.39, 0.29) is 30.7 Å². The standard InChI is InChI=1S/C20H25NO7S/c1-14(2)21-11-16(13-29(24,25)26)15-8-9-19(18(22)10-15)28-20(23)12-27-17-6-4-3-5-7-17/h3-10,14,16,21-22H,11-13H2,1-2H3,(H,24,25,26). The van der Waals surface area contributed by atoms with Crippen LogP contribution in [0.2, 0.25) is 0 Å². The van der Waals surface area contributed by atoms with E-state index in [9.17, 15) is 22.9 Å². The zero-order valence-electron chi connectivity index (χ0n) is 16.2. The van der Waals surface area contributed by atoms with Crippen LogP contribution in [0.15, 0.2) is 48.5 Å². The van der Waals surface area contributed by atoms with Gasteiger partial charge in [0.15, 0.2) is 18.1 Å². The molecule has 9 heteroatoms. The second kappa shape index (κ2) is 10.2. The first kappa shape index (κ1) is 22.7. The first-order chi connectivity index (χ1) is 13.6. The minimum absolute atomic E-state index is 0.0714. The number of carbonyl (C=O) groups is 1. The van der Waals surface area contributed by atoms with Crippen LogP contribution < -0.4 is 14.8 Å². The molecular weight excluding hydrogens is 398 g/mol. The smallest absolute Gasteiger partial charge is 0.349 e. The number of esters is 1. The van der Waals surface area contributed by atoms with Gasteiger partial charge in [0.2, 0.25) is 0 Å². The van der Waals surface area contributed by atoms with Crippen molar-refractivity contribution in [3.8, 4) is 17.2 Å². The fourth-order valence-electron chi connectivity index (χ4n) is 2.59. The molecule has 1 atom stereocenters. The number of hydrogen-bond acceptors (Lipinski definition) is 7. The summed E-state index contributed by atoms with van der Waals surface area (Å²) in [4.78, 5) is 11.9. The Bertz CT molecular complexity index is 914. The maximum absolute atomic E-state index is 11.9. The van der Waals surface area contributed by atoms with E-state index in [1.807, 2.05) is 19.9 Å². The highest BCUT2D eigenvalue weighted by Crippen LogP contribution is 2.30. The number of phenolic OH excluding ortho intramolecular Hbond substituents is 1. The SMILES string of the molecule is CC(C)NCC(CS(=O)(=O)O)c1ccc(OC(=O)COc2ccccc2)c(O)c1. The number of rotatable bonds is 10. The highest BCUT2D eigenvalue weighted by Gasteiger charge is 2.21. The molecule has 0 aliphatic rings. The molecule has 1 unspecified atom stereocenters. The fourth-order valence-corrected chi connectivity index (χ4v) is 3.41. The Morgan fingerprint density at radius 1 is 1.14 bits per heavy atom. The molecular formula is C20H25NO7S. The minimum atomic E-state index is -4.22. The number of benzene rings is 2. The van der Waals surface area contributed by atoms with Crippen molar-refractivity contribution >= 4 is 16.1 Å². The quantitative estimate of drug-likeness (QED) is 0.302. The molecule has 0 spiro atoms. The van der Waals surface area contributed by atoms with Gasteiger partial charge in [0.1, 0.15) is 5.75 Å². The van der Waals surface area contributed by atoms with Crippen molar-refractivity contribution in [2.45, 2.75) is 25.8 Å². The van der Waals surface area contributed by atoms with Crippen LogP contribution in [0.4, 0.5) is 0 Å². The number of phenols is 1. The van der Waals surface area contributed by atoms with Crippen molar-refractivity contribution in [1.82, 2.24) is 5.32 Å². The summed E-state index contributed by atoms with van der Waals surface area (Å²) in [7, 11) is -4.22. The van der Waals surface area contributed by atoms with Crippen molar-refractivity contribution in [2.75, 3.05) is 18.9 Å². The summed E-state index contributed by atoms with van der Waals surface area (Å²) >= 11 is 0. The van der Waals surface area contributed by atoms with Gasteiger partial charge in [-0.15, -0.1) is 0 Å². The lowest BCUT2D eigenvalue weighted by Crippen LogP contribution is -2.31. The summed E-state index contributed by atoms with van der Waals surface area (Å²) in [5, 5.41) is 13.3. The lowest BCUT2D eigenvalue weighted by Gasteiger charge is -2.19. The van der Waals surface area contributed by atoms with Gasteiger partial charge in [0, 0.05) is 18.5 Å². The number of nitrogens with one attached hydrogen (secondary N) is 1. The average molecular weight is 423 g/mol. The third-order valence-corrected chi connectivity index (χ3v) is 4.79. The third kappa shape index (κ3) is 8.10. The molecule has 158 valence electrons. The Balaban J connectivity index is 2.05. The molecule has 2 aromatic carbocycles. The Morgan fingerprint density at radius 3 is 2.41 bits per heavy atom. The van der Waals surface area contributed by atoms with Crippen LogP contribution in [-0.2, 0) is 14.9 Å². The van der Waals surface area contributed by atoms with Gasteiger partial charge in [0.05, 0.1) is 5.75 Å². The lowest BCUT2D eigenvalue weighted by molar-refractivity contribution is -0.136. The second-order valence-electron chi connectivity index (χ2n) is 6.81. The van der Waals surface area contributed by atoms with E-state index in [4.69, 9.17) is 9.47 Å². The molecule has 8 nitrogen and oxygen atoms in total. The molecule has 0 aliphatic heterocycles. The van der Waals surface area contributed by atoms with Crippen LogP contribution in [-0.4, -0.2) is 49.0 Å². The normalized spacial score (nSPS) is 12.6. The van der Waals surface area contributed by atoms with Gasteiger partial charge < -0.3 is 19.9 Å². The molecule has 0 heterocycles. The maximum atomic E-state index is 11.9. The zero-order valence-corrected chi connectivity index (χ0v) is 17.1. The Morgan fingerprint density at radius 2 is 1.83 bits per heavy atom. The van der Waals surface area contributed by atoms with Crippen LogP contribution in [0.1, 0.15) is 25.3 Å². The molecule has 0 fully saturated rings. The molecule has 0 saturated heterocycles. The minimum Gasteiger partial charge on any atom is -0.504 e. The zero-order chi connectivity index (χ0) is 21.4. The summed E-state index contributed by atoms with van der Waals surface area (Å²) in [5.74, 6) is -1.68. The van der Waals surface area contributed by atoms with Crippen molar-refractivity contribution in [3.63, 3.8) is 0 Å². The lowest BCUT2D eigenvalue weighted by atomic mass is 10.00. The fraction of sp³-hybridized carbons (Fsp3) is 0.350. The van der Waals surface area contributed by atoms with Crippen LogP contribution in [0, 0.1) is 0 Å². The monoisotopic (exact) mass is 423 g/mol. The van der Waals surface area contributed by atoms with Crippen molar-refractivity contribution < 1.29 is 32.3 Å². The number of aromatic hydroxyl groups is 1.